The van der Waals surface area contributed by atoms with E-state index in [1.54, 1.807) is 0 Å². The lowest BCUT2D eigenvalue weighted by atomic mass is 9.81. The summed E-state index contributed by atoms with van der Waals surface area (Å²) in [5.41, 5.74) is 0. The summed E-state index contributed by atoms with van der Waals surface area (Å²) in [5, 5.41) is 27.8. The Labute approximate surface area is 176 Å². The molecule has 0 bridgehead atoms. The van der Waals surface area contributed by atoms with E-state index in [4.69, 9.17) is 10.2 Å². The molecule has 3 N–H and O–H groups in total. The van der Waals surface area contributed by atoms with E-state index in [9.17, 15) is 5.11 Å². The number of rotatable bonds is 23. The number of aliphatic hydroxyl groups is 3. The molecule has 3 heteroatoms. The number of hydrogen-bond donors (Lipinski definition) is 3. The van der Waals surface area contributed by atoms with E-state index in [1.165, 1.54) is 96.3 Å². The summed E-state index contributed by atoms with van der Waals surface area (Å²) in [6.07, 6.45) is 23.4. The maximum Gasteiger partial charge on any atom is 0.0461 e. The quantitative estimate of drug-likeness (QED) is 0.169. The minimum atomic E-state index is 0.326. The molecule has 2 unspecified atom stereocenters. The molecule has 0 aliphatic rings. The first-order valence-corrected chi connectivity index (χ1v) is 12.6. The van der Waals surface area contributed by atoms with Crippen LogP contribution in [0.4, 0.5) is 0 Å². The molecule has 0 aliphatic carbocycles. The van der Waals surface area contributed by atoms with Crippen molar-refractivity contribution in [3.8, 4) is 0 Å². The summed E-state index contributed by atoms with van der Waals surface area (Å²) in [4.78, 5) is 0. The first-order valence-electron chi connectivity index (χ1n) is 12.6. The van der Waals surface area contributed by atoms with Gasteiger partial charge in [-0.1, -0.05) is 110 Å². The van der Waals surface area contributed by atoms with Crippen LogP contribution in [0.5, 0.6) is 0 Å². The SMILES string of the molecule is CCCCCCCC(CCCCCCCO)C(CO)CCCCCCCCO. The molecule has 0 aliphatic heterocycles. The van der Waals surface area contributed by atoms with Gasteiger partial charge in [-0.25, -0.2) is 0 Å². The normalized spacial score (nSPS) is 13.7. The second-order valence-corrected chi connectivity index (χ2v) is 8.82. The zero-order valence-electron chi connectivity index (χ0n) is 19.1. The minimum absolute atomic E-state index is 0.326. The first-order chi connectivity index (χ1) is 13.8. The molecule has 2 atom stereocenters. The highest BCUT2D eigenvalue weighted by Gasteiger charge is 2.20. The zero-order chi connectivity index (χ0) is 20.7. The highest BCUT2D eigenvalue weighted by molar-refractivity contribution is 4.71. The fourth-order valence-electron chi connectivity index (χ4n) is 4.38. The zero-order valence-corrected chi connectivity index (χ0v) is 19.1. The largest absolute Gasteiger partial charge is 0.396 e. The van der Waals surface area contributed by atoms with Crippen LogP contribution in [0.25, 0.3) is 0 Å². The number of aliphatic hydroxyl groups excluding tert-OH is 3. The van der Waals surface area contributed by atoms with Crippen molar-refractivity contribution < 1.29 is 15.3 Å². The van der Waals surface area contributed by atoms with Gasteiger partial charge >= 0.3 is 0 Å². The molecule has 3 nitrogen and oxygen atoms in total. The third-order valence-electron chi connectivity index (χ3n) is 6.30. The average Bonchev–Trinajstić information content (AvgIpc) is 2.71. The summed E-state index contributed by atoms with van der Waals surface area (Å²) in [7, 11) is 0. The highest BCUT2D eigenvalue weighted by atomic mass is 16.3. The standard InChI is InChI=1S/C25H52O3/c1-2-3-4-8-13-18-24(19-14-10-7-12-17-22-27)25(23-28)20-15-9-5-6-11-16-21-26/h24-28H,2-23H2,1H3. The van der Waals surface area contributed by atoms with Gasteiger partial charge in [0, 0.05) is 19.8 Å². The smallest absolute Gasteiger partial charge is 0.0461 e. The Kier molecular flexibility index (Phi) is 23.1. The van der Waals surface area contributed by atoms with Crippen molar-refractivity contribution in [1.29, 1.82) is 0 Å². The molecule has 28 heavy (non-hydrogen) atoms. The summed E-state index contributed by atoms with van der Waals surface area (Å²) in [6, 6.07) is 0. The van der Waals surface area contributed by atoms with Gasteiger partial charge in [0.2, 0.25) is 0 Å². The second kappa shape index (κ2) is 23.2. The van der Waals surface area contributed by atoms with Crippen LogP contribution in [0.2, 0.25) is 0 Å². The lowest BCUT2D eigenvalue weighted by Crippen LogP contribution is -2.19. The van der Waals surface area contributed by atoms with Crippen LogP contribution in [-0.4, -0.2) is 35.1 Å². The van der Waals surface area contributed by atoms with Crippen LogP contribution >= 0.6 is 0 Å². The first kappa shape index (κ1) is 27.9. The summed E-state index contributed by atoms with van der Waals surface area (Å²) < 4.78 is 0. The van der Waals surface area contributed by atoms with Crippen LogP contribution in [0.15, 0.2) is 0 Å². The molecule has 0 saturated carbocycles. The second-order valence-electron chi connectivity index (χ2n) is 8.82. The number of unbranched alkanes of at least 4 members (excludes halogenated alkanes) is 13. The van der Waals surface area contributed by atoms with Gasteiger partial charge in [-0.2, -0.15) is 0 Å². The molecular formula is C25H52O3. The molecule has 0 heterocycles. The Morgan fingerprint density at radius 1 is 0.429 bits per heavy atom. The Hall–Kier alpha value is -0.120. The van der Waals surface area contributed by atoms with Crippen LogP contribution in [-0.2, 0) is 0 Å². The molecule has 0 amide bonds. The van der Waals surface area contributed by atoms with Crippen LogP contribution < -0.4 is 0 Å². The van der Waals surface area contributed by atoms with Gasteiger partial charge in [-0.3, -0.25) is 0 Å². The van der Waals surface area contributed by atoms with Gasteiger partial charge < -0.3 is 15.3 Å². The topological polar surface area (TPSA) is 60.7 Å². The maximum absolute atomic E-state index is 10.0. The molecule has 0 aromatic heterocycles. The van der Waals surface area contributed by atoms with Crippen molar-refractivity contribution in [3.05, 3.63) is 0 Å². The van der Waals surface area contributed by atoms with Crippen LogP contribution in [0, 0.1) is 11.8 Å². The van der Waals surface area contributed by atoms with Gasteiger partial charge in [-0.15, -0.1) is 0 Å². The maximum atomic E-state index is 10.0. The van der Waals surface area contributed by atoms with Crippen molar-refractivity contribution in [3.63, 3.8) is 0 Å². The van der Waals surface area contributed by atoms with E-state index in [2.05, 4.69) is 6.92 Å². The lowest BCUT2D eigenvalue weighted by Gasteiger charge is -2.26. The molecule has 0 fully saturated rings. The molecule has 0 radical (unpaired) electrons. The van der Waals surface area contributed by atoms with Crippen molar-refractivity contribution in [1.82, 2.24) is 0 Å². The monoisotopic (exact) mass is 400 g/mol. The Morgan fingerprint density at radius 2 is 0.786 bits per heavy atom. The van der Waals surface area contributed by atoms with E-state index in [0.29, 0.717) is 31.7 Å². The van der Waals surface area contributed by atoms with E-state index in [-0.39, 0.29) is 0 Å². The molecular weight excluding hydrogens is 348 g/mol. The van der Waals surface area contributed by atoms with Crippen molar-refractivity contribution >= 4 is 0 Å². The Bertz CT molecular complexity index is 283. The minimum Gasteiger partial charge on any atom is -0.396 e. The molecule has 0 aromatic carbocycles. The van der Waals surface area contributed by atoms with Crippen molar-refractivity contribution in [2.75, 3.05) is 19.8 Å². The van der Waals surface area contributed by atoms with Crippen LogP contribution in [0.3, 0.4) is 0 Å². The third-order valence-corrected chi connectivity index (χ3v) is 6.30. The Morgan fingerprint density at radius 3 is 1.18 bits per heavy atom. The summed E-state index contributed by atoms with van der Waals surface area (Å²) in [5.74, 6) is 1.18. The van der Waals surface area contributed by atoms with Crippen molar-refractivity contribution in [2.24, 2.45) is 11.8 Å². The van der Waals surface area contributed by atoms with Gasteiger partial charge in [-0.05, 0) is 31.1 Å². The average molecular weight is 401 g/mol. The third kappa shape index (κ3) is 17.9. The van der Waals surface area contributed by atoms with E-state index < -0.39 is 0 Å². The predicted octanol–water partition coefficient (Wildman–Crippen LogP) is 6.63. The summed E-state index contributed by atoms with van der Waals surface area (Å²) in [6.45, 7) is 3.28. The highest BCUT2D eigenvalue weighted by Crippen LogP contribution is 2.29. The number of hydrogen-bond acceptors (Lipinski definition) is 3. The predicted molar refractivity (Wildman–Crippen MR) is 122 cm³/mol. The Balaban J connectivity index is 4.16. The molecule has 0 aromatic rings. The van der Waals surface area contributed by atoms with E-state index in [0.717, 1.165) is 25.7 Å². The molecule has 170 valence electrons. The van der Waals surface area contributed by atoms with E-state index in [1.807, 2.05) is 0 Å². The summed E-state index contributed by atoms with van der Waals surface area (Å²) >= 11 is 0. The van der Waals surface area contributed by atoms with Gasteiger partial charge in [0.05, 0.1) is 0 Å². The van der Waals surface area contributed by atoms with Gasteiger partial charge in [0.1, 0.15) is 0 Å². The molecule has 0 spiro atoms. The van der Waals surface area contributed by atoms with E-state index >= 15 is 0 Å². The van der Waals surface area contributed by atoms with Gasteiger partial charge in [0.15, 0.2) is 0 Å². The molecule has 0 rings (SSSR count). The fourth-order valence-corrected chi connectivity index (χ4v) is 4.38. The van der Waals surface area contributed by atoms with Crippen LogP contribution in [0.1, 0.15) is 129 Å². The molecule has 0 saturated heterocycles. The van der Waals surface area contributed by atoms with Gasteiger partial charge in [0.25, 0.3) is 0 Å². The lowest BCUT2D eigenvalue weighted by molar-refractivity contribution is 0.147. The fraction of sp³-hybridized carbons (Fsp3) is 1.00. The van der Waals surface area contributed by atoms with Crippen molar-refractivity contribution in [2.45, 2.75) is 129 Å².